The molecule has 0 saturated carbocycles. The van der Waals surface area contributed by atoms with Crippen LogP contribution in [0.15, 0.2) is 48.5 Å². The molecule has 0 bridgehead atoms. The molecule has 0 spiro atoms. The SMILES string of the molecule is CC1(C)CC(NC(=O)C(N)C(F)(F)F)c2cc(-c3ccc(Cl)cc3)c(-c3ccc(Cl)cc3Cl)nc2O1. The highest BCUT2D eigenvalue weighted by molar-refractivity contribution is 6.36. The normalized spacial score (nSPS) is 17.6. The van der Waals surface area contributed by atoms with E-state index < -0.39 is 29.8 Å². The molecule has 2 heterocycles. The Bertz CT molecular complexity index is 1310. The number of amides is 1. The van der Waals surface area contributed by atoms with Crippen LogP contribution in [0.4, 0.5) is 13.2 Å². The monoisotopic (exact) mass is 557 g/mol. The van der Waals surface area contributed by atoms with Crippen LogP contribution in [0.25, 0.3) is 22.4 Å². The van der Waals surface area contributed by atoms with E-state index in [-0.39, 0.29) is 12.3 Å². The van der Waals surface area contributed by atoms with Crippen molar-refractivity contribution in [3.8, 4) is 28.3 Å². The summed E-state index contributed by atoms with van der Waals surface area (Å²) in [6.45, 7) is 3.50. The highest BCUT2D eigenvalue weighted by Gasteiger charge is 2.44. The summed E-state index contributed by atoms with van der Waals surface area (Å²) in [6.07, 6.45) is -4.69. The molecular formula is C25H21Cl3F3N3O2. The van der Waals surface area contributed by atoms with Gasteiger partial charge in [-0.05, 0) is 55.8 Å². The van der Waals surface area contributed by atoms with Gasteiger partial charge in [-0.3, -0.25) is 4.79 Å². The van der Waals surface area contributed by atoms with E-state index in [9.17, 15) is 18.0 Å². The number of carbonyl (C=O) groups excluding carboxylic acids is 1. The molecule has 0 aliphatic carbocycles. The van der Waals surface area contributed by atoms with Crippen molar-refractivity contribution in [2.24, 2.45) is 5.73 Å². The van der Waals surface area contributed by atoms with Crippen LogP contribution in [0, 0.1) is 0 Å². The highest BCUT2D eigenvalue weighted by Crippen LogP contribution is 2.45. The Morgan fingerprint density at radius 1 is 1.08 bits per heavy atom. The number of hydrogen-bond donors (Lipinski definition) is 2. The van der Waals surface area contributed by atoms with E-state index >= 15 is 0 Å². The van der Waals surface area contributed by atoms with Crippen LogP contribution in [0.3, 0.4) is 0 Å². The molecule has 1 aliphatic rings. The number of ether oxygens (including phenoxy) is 1. The summed E-state index contributed by atoms with van der Waals surface area (Å²) in [5.74, 6) is -1.18. The highest BCUT2D eigenvalue weighted by atomic mass is 35.5. The van der Waals surface area contributed by atoms with Crippen molar-refractivity contribution in [3.63, 3.8) is 0 Å². The number of hydrogen-bond acceptors (Lipinski definition) is 4. The molecule has 2 unspecified atom stereocenters. The first-order chi connectivity index (χ1) is 16.7. The number of pyridine rings is 1. The quantitative estimate of drug-likeness (QED) is 0.362. The van der Waals surface area contributed by atoms with Gasteiger partial charge in [0.1, 0.15) is 5.60 Å². The summed E-state index contributed by atoms with van der Waals surface area (Å²) < 4.78 is 45.3. The number of fused-ring (bicyclic) bond motifs is 1. The summed E-state index contributed by atoms with van der Waals surface area (Å²) in [5, 5.41) is 3.74. The summed E-state index contributed by atoms with van der Waals surface area (Å²) in [5.41, 5.74) is 7.07. The standard InChI is InChI=1S/C25H21Cl3F3N3O2/c1-24(2)11-19(33-22(35)21(32)25(29,30)31)17-10-16(12-3-5-13(26)6-4-12)20(34-23(17)36-24)15-8-7-14(27)9-18(15)28/h3-10,19,21H,11,32H2,1-2H3,(H,33,35). The number of aromatic nitrogens is 1. The average Bonchev–Trinajstić information content (AvgIpc) is 2.77. The lowest BCUT2D eigenvalue weighted by Crippen LogP contribution is -2.52. The minimum Gasteiger partial charge on any atom is -0.471 e. The van der Waals surface area contributed by atoms with Gasteiger partial charge in [-0.15, -0.1) is 0 Å². The van der Waals surface area contributed by atoms with Gasteiger partial charge in [0.25, 0.3) is 0 Å². The minimum absolute atomic E-state index is 0.163. The van der Waals surface area contributed by atoms with Crippen LogP contribution in [0.5, 0.6) is 5.88 Å². The van der Waals surface area contributed by atoms with Crippen molar-refractivity contribution >= 4 is 40.7 Å². The number of rotatable bonds is 4. The van der Waals surface area contributed by atoms with Crippen molar-refractivity contribution in [3.05, 3.63) is 69.2 Å². The number of halogens is 6. The third-order valence-electron chi connectivity index (χ3n) is 5.75. The zero-order valence-corrected chi connectivity index (χ0v) is 21.4. The van der Waals surface area contributed by atoms with Crippen LogP contribution in [0.2, 0.25) is 15.1 Å². The number of carbonyl (C=O) groups is 1. The maximum atomic E-state index is 13.1. The van der Waals surface area contributed by atoms with E-state index in [4.69, 9.17) is 50.3 Å². The molecule has 0 radical (unpaired) electrons. The van der Waals surface area contributed by atoms with Crippen LogP contribution in [-0.2, 0) is 4.79 Å². The van der Waals surface area contributed by atoms with E-state index in [1.54, 1.807) is 62.4 Å². The number of nitrogens with one attached hydrogen (secondary N) is 1. The van der Waals surface area contributed by atoms with Gasteiger partial charge in [-0.25, -0.2) is 4.98 Å². The fourth-order valence-electron chi connectivity index (χ4n) is 4.02. The smallest absolute Gasteiger partial charge is 0.412 e. The molecule has 1 aliphatic heterocycles. The Hall–Kier alpha value is -2.52. The third kappa shape index (κ3) is 5.57. The molecule has 4 rings (SSSR count). The van der Waals surface area contributed by atoms with E-state index in [0.29, 0.717) is 37.5 Å². The molecule has 3 N–H and O–H groups in total. The summed E-state index contributed by atoms with van der Waals surface area (Å²) in [7, 11) is 0. The van der Waals surface area contributed by atoms with Gasteiger partial charge in [-0.1, -0.05) is 46.9 Å². The molecule has 1 aromatic heterocycles. The van der Waals surface area contributed by atoms with Crippen LogP contribution >= 0.6 is 34.8 Å². The van der Waals surface area contributed by atoms with Crippen LogP contribution in [-0.4, -0.2) is 28.7 Å². The Kier molecular flexibility index (Phi) is 7.18. The van der Waals surface area contributed by atoms with Crippen molar-refractivity contribution in [2.75, 3.05) is 0 Å². The molecule has 5 nitrogen and oxygen atoms in total. The lowest BCUT2D eigenvalue weighted by Gasteiger charge is -2.38. The lowest BCUT2D eigenvalue weighted by molar-refractivity contribution is -0.163. The molecule has 3 aromatic rings. The fraction of sp³-hybridized carbons (Fsp3) is 0.280. The van der Waals surface area contributed by atoms with Gasteiger partial charge in [0.15, 0.2) is 6.04 Å². The van der Waals surface area contributed by atoms with Crippen LogP contribution in [0.1, 0.15) is 31.9 Å². The Morgan fingerprint density at radius 3 is 2.33 bits per heavy atom. The zero-order chi connectivity index (χ0) is 26.4. The van der Waals surface area contributed by atoms with E-state index in [2.05, 4.69) is 5.32 Å². The topological polar surface area (TPSA) is 77.2 Å². The van der Waals surface area contributed by atoms with Gasteiger partial charge >= 0.3 is 6.18 Å². The van der Waals surface area contributed by atoms with E-state index in [1.807, 2.05) is 0 Å². The fourth-order valence-corrected chi connectivity index (χ4v) is 4.65. The second kappa shape index (κ2) is 9.74. The van der Waals surface area contributed by atoms with Crippen molar-refractivity contribution in [1.82, 2.24) is 10.3 Å². The predicted molar refractivity (Wildman–Crippen MR) is 134 cm³/mol. The van der Waals surface area contributed by atoms with Gasteiger partial charge in [0.2, 0.25) is 11.8 Å². The van der Waals surface area contributed by atoms with Gasteiger partial charge in [0.05, 0.1) is 16.8 Å². The summed E-state index contributed by atoms with van der Waals surface area (Å²) in [6, 6.07) is 10.1. The molecule has 0 saturated heterocycles. The van der Waals surface area contributed by atoms with Gasteiger partial charge in [-0.2, -0.15) is 13.2 Å². The molecule has 0 fully saturated rings. The number of nitrogens with two attached hydrogens (primary N) is 1. The van der Waals surface area contributed by atoms with Crippen molar-refractivity contribution < 1.29 is 22.7 Å². The van der Waals surface area contributed by atoms with Gasteiger partial charge in [0, 0.05) is 33.2 Å². The van der Waals surface area contributed by atoms with Gasteiger partial charge < -0.3 is 15.8 Å². The molecule has 2 aromatic carbocycles. The molecule has 11 heteroatoms. The average molecular weight is 559 g/mol. The number of alkyl halides is 3. The first kappa shape index (κ1) is 26.5. The molecule has 36 heavy (non-hydrogen) atoms. The van der Waals surface area contributed by atoms with Crippen molar-refractivity contribution in [2.45, 2.75) is 44.1 Å². The number of nitrogens with zero attached hydrogens (tertiary/aromatic N) is 1. The second-order valence-corrected chi connectivity index (χ2v) is 10.3. The lowest BCUT2D eigenvalue weighted by atomic mass is 9.88. The van der Waals surface area contributed by atoms with E-state index in [0.717, 1.165) is 5.56 Å². The predicted octanol–water partition coefficient (Wildman–Crippen LogP) is 6.98. The third-order valence-corrected chi connectivity index (χ3v) is 6.55. The number of benzene rings is 2. The first-order valence-electron chi connectivity index (χ1n) is 10.8. The Labute approximate surface area is 220 Å². The summed E-state index contributed by atoms with van der Waals surface area (Å²) in [4.78, 5) is 17.1. The zero-order valence-electron chi connectivity index (χ0n) is 19.1. The minimum atomic E-state index is -4.88. The van der Waals surface area contributed by atoms with Crippen LogP contribution < -0.4 is 15.8 Å². The van der Waals surface area contributed by atoms with Crippen molar-refractivity contribution in [1.29, 1.82) is 0 Å². The maximum Gasteiger partial charge on any atom is 0.412 e. The second-order valence-electron chi connectivity index (χ2n) is 9.06. The molecular weight excluding hydrogens is 538 g/mol. The molecule has 190 valence electrons. The summed E-state index contributed by atoms with van der Waals surface area (Å²) >= 11 is 18.7. The largest absolute Gasteiger partial charge is 0.471 e. The Balaban J connectivity index is 1.89. The first-order valence-corrected chi connectivity index (χ1v) is 12.0. The maximum absolute atomic E-state index is 13.1. The molecule has 2 atom stereocenters. The Morgan fingerprint density at radius 2 is 1.72 bits per heavy atom. The molecule has 1 amide bonds. The van der Waals surface area contributed by atoms with E-state index in [1.165, 1.54) is 0 Å².